The fraction of sp³-hybridized carbons (Fsp3) is 0.222. The molecule has 0 aliphatic rings. The van der Waals surface area contributed by atoms with Gasteiger partial charge in [-0.15, -0.1) is 12.6 Å². The number of hydrogen-bond acceptors (Lipinski definition) is 3. The minimum atomic E-state index is -0.549. The molecule has 0 N–H and O–H groups in total. The van der Waals surface area contributed by atoms with Crippen molar-refractivity contribution in [3.63, 3.8) is 0 Å². The highest BCUT2D eigenvalue weighted by molar-refractivity contribution is 7.80. The van der Waals surface area contributed by atoms with Gasteiger partial charge in [-0.25, -0.2) is 9.18 Å². The van der Waals surface area contributed by atoms with Gasteiger partial charge in [0, 0.05) is 0 Å². The fourth-order valence-electron chi connectivity index (χ4n) is 0.889. The summed E-state index contributed by atoms with van der Waals surface area (Å²) in [7, 11) is 0. The van der Waals surface area contributed by atoms with Gasteiger partial charge in [0.15, 0.2) is 0 Å². The summed E-state index contributed by atoms with van der Waals surface area (Å²) in [5.74, 6) is -1.07. The molecule has 1 aromatic carbocycles. The van der Waals surface area contributed by atoms with Crippen molar-refractivity contribution in [3.8, 4) is 0 Å². The molecular weight excluding hydrogens is 191 g/mol. The van der Waals surface area contributed by atoms with E-state index in [-0.39, 0.29) is 17.1 Å². The molecule has 0 aliphatic heterocycles. The van der Waals surface area contributed by atoms with Gasteiger partial charge >= 0.3 is 5.97 Å². The molecule has 0 saturated carbocycles. The summed E-state index contributed by atoms with van der Waals surface area (Å²) in [6, 6.07) is 4.16. The molecule has 1 aromatic rings. The smallest absolute Gasteiger partial charge is 0.339 e. The van der Waals surface area contributed by atoms with E-state index >= 15 is 0 Å². The second kappa shape index (κ2) is 4.28. The Morgan fingerprint density at radius 1 is 1.62 bits per heavy atom. The van der Waals surface area contributed by atoms with Crippen molar-refractivity contribution < 1.29 is 13.9 Å². The van der Waals surface area contributed by atoms with Gasteiger partial charge in [0.05, 0.1) is 17.1 Å². The standard InChI is InChI=1S/C9H9FO2S/c1-2-12-9(11)6-4-3-5-7(10)8(6)13/h3-5,13H,2H2,1H3. The van der Waals surface area contributed by atoms with E-state index < -0.39 is 11.8 Å². The first-order valence-corrected chi connectivity index (χ1v) is 4.26. The average molecular weight is 200 g/mol. The minimum Gasteiger partial charge on any atom is -0.462 e. The van der Waals surface area contributed by atoms with Crippen LogP contribution in [0.5, 0.6) is 0 Å². The molecule has 0 heterocycles. The van der Waals surface area contributed by atoms with Crippen LogP contribution in [0.3, 0.4) is 0 Å². The van der Waals surface area contributed by atoms with Crippen LogP contribution in [-0.2, 0) is 4.74 Å². The summed E-state index contributed by atoms with van der Waals surface area (Å²) >= 11 is 3.87. The number of ether oxygens (including phenoxy) is 1. The van der Waals surface area contributed by atoms with E-state index in [4.69, 9.17) is 4.74 Å². The predicted molar refractivity (Wildman–Crippen MR) is 49.6 cm³/mol. The van der Waals surface area contributed by atoms with Crippen LogP contribution in [0.2, 0.25) is 0 Å². The minimum absolute atomic E-state index is 0.0287. The maximum absolute atomic E-state index is 12.9. The van der Waals surface area contributed by atoms with Crippen molar-refractivity contribution in [2.24, 2.45) is 0 Å². The molecular formula is C9H9FO2S. The Hall–Kier alpha value is -1.03. The summed E-state index contributed by atoms with van der Waals surface area (Å²) in [5, 5.41) is 0. The van der Waals surface area contributed by atoms with Gasteiger partial charge in [0.25, 0.3) is 0 Å². The van der Waals surface area contributed by atoms with Crippen molar-refractivity contribution in [2.45, 2.75) is 11.8 Å². The number of thiol groups is 1. The Bertz CT molecular complexity index is 325. The normalized spacial score (nSPS) is 9.77. The monoisotopic (exact) mass is 200 g/mol. The number of esters is 1. The highest BCUT2D eigenvalue weighted by atomic mass is 32.1. The summed E-state index contributed by atoms with van der Waals surface area (Å²) in [6.45, 7) is 1.96. The first-order chi connectivity index (χ1) is 6.16. The quantitative estimate of drug-likeness (QED) is 0.585. The van der Waals surface area contributed by atoms with Crippen LogP contribution in [0.4, 0.5) is 4.39 Å². The molecule has 0 bridgehead atoms. The van der Waals surface area contributed by atoms with Crippen molar-refractivity contribution in [1.82, 2.24) is 0 Å². The van der Waals surface area contributed by atoms with Crippen LogP contribution in [0, 0.1) is 5.82 Å². The van der Waals surface area contributed by atoms with E-state index in [1.807, 2.05) is 0 Å². The molecule has 0 radical (unpaired) electrons. The Morgan fingerprint density at radius 2 is 2.31 bits per heavy atom. The summed E-state index contributed by atoms with van der Waals surface area (Å²) in [5.41, 5.74) is 0.158. The molecule has 70 valence electrons. The third-order valence-corrected chi connectivity index (χ3v) is 1.94. The first-order valence-electron chi connectivity index (χ1n) is 3.81. The Balaban J connectivity index is 3.01. The molecule has 0 amide bonds. The van der Waals surface area contributed by atoms with E-state index in [2.05, 4.69) is 12.6 Å². The molecule has 0 fully saturated rings. The van der Waals surface area contributed by atoms with Crippen LogP contribution in [-0.4, -0.2) is 12.6 Å². The zero-order valence-corrected chi connectivity index (χ0v) is 7.98. The third-order valence-electron chi connectivity index (χ3n) is 1.48. The van der Waals surface area contributed by atoms with Gasteiger partial charge in [-0.2, -0.15) is 0 Å². The summed E-state index contributed by atoms with van der Waals surface area (Å²) in [6.07, 6.45) is 0. The average Bonchev–Trinajstić information content (AvgIpc) is 2.10. The van der Waals surface area contributed by atoms with Crippen molar-refractivity contribution >= 4 is 18.6 Å². The molecule has 1 rings (SSSR count). The lowest BCUT2D eigenvalue weighted by Crippen LogP contribution is -2.06. The van der Waals surface area contributed by atoms with Crippen molar-refractivity contribution in [1.29, 1.82) is 0 Å². The van der Waals surface area contributed by atoms with Crippen LogP contribution >= 0.6 is 12.6 Å². The lowest BCUT2D eigenvalue weighted by atomic mass is 10.2. The van der Waals surface area contributed by atoms with E-state index in [1.165, 1.54) is 18.2 Å². The van der Waals surface area contributed by atoms with E-state index in [1.54, 1.807) is 6.92 Å². The zero-order valence-electron chi connectivity index (χ0n) is 7.08. The van der Waals surface area contributed by atoms with Crippen LogP contribution in [0.15, 0.2) is 23.1 Å². The van der Waals surface area contributed by atoms with Gasteiger partial charge < -0.3 is 4.74 Å². The largest absolute Gasteiger partial charge is 0.462 e. The summed E-state index contributed by atoms with van der Waals surface area (Å²) in [4.78, 5) is 11.2. The molecule has 0 unspecified atom stereocenters. The molecule has 2 nitrogen and oxygen atoms in total. The molecule has 4 heteroatoms. The highest BCUT2D eigenvalue weighted by Gasteiger charge is 2.12. The Labute approximate surface area is 81.1 Å². The number of benzene rings is 1. The SMILES string of the molecule is CCOC(=O)c1cccc(F)c1S. The maximum Gasteiger partial charge on any atom is 0.339 e. The van der Waals surface area contributed by atoms with Crippen LogP contribution in [0.25, 0.3) is 0 Å². The van der Waals surface area contributed by atoms with E-state index in [9.17, 15) is 9.18 Å². The molecule has 0 atom stereocenters. The number of hydrogen-bond donors (Lipinski definition) is 1. The molecule has 13 heavy (non-hydrogen) atoms. The number of rotatable bonds is 2. The molecule has 0 spiro atoms. The van der Waals surface area contributed by atoms with Crippen LogP contribution < -0.4 is 0 Å². The Morgan fingerprint density at radius 3 is 2.92 bits per heavy atom. The Kier molecular flexibility index (Phi) is 3.31. The lowest BCUT2D eigenvalue weighted by molar-refractivity contribution is 0.0521. The second-order valence-electron chi connectivity index (χ2n) is 2.36. The summed E-state index contributed by atoms with van der Waals surface area (Å²) < 4.78 is 17.6. The molecule has 0 saturated heterocycles. The third kappa shape index (κ3) is 2.21. The maximum atomic E-state index is 12.9. The van der Waals surface area contributed by atoms with Gasteiger partial charge in [0.2, 0.25) is 0 Å². The van der Waals surface area contributed by atoms with Crippen LogP contribution in [0.1, 0.15) is 17.3 Å². The number of carbonyl (C=O) groups excluding carboxylic acids is 1. The van der Waals surface area contributed by atoms with Gasteiger partial charge in [-0.05, 0) is 19.1 Å². The molecule has 0 aromatic heterocycles. The lowest BCUT2D eigenvalue weighted by Gasteiger charge is -2.04. The van der Waals surface area contributed by atoms with Gasteiger partial charge in [-0.3, -0.25) is 0 Å². The fourth-order valence-corrected chi connectivity index (χ4v) is 1.13. The van der Waals surface area contributed by atoms with E-state index in [0.29, 0.717) is 0 Å². The van der Waals surface area contributed by atoms with Gasteiger partial charge in [0.1, 0.15) is 5.82 Å². The topological polar surface area (TPSA) is 26.3 Å². The predicted octanol–water partition coefficient (Wildman–Crippen LogP) is 2.29. The van der Waals surface area contributed by atoms with Crippen molar-refractivity contribution in [2.75, 3.05) is 6.61 Å². The van der Waals surface area contributed by atoms with E-state index in [0.717, 1.165) is 0 Å². The second-order valence-corrected chi connectivity index (χ2v) is 2.80. The first kappa shape index (κ1) is 10.1. The number of carbonyl (C=O) groups is 1. The number of halogens is 1. The molecule has 0 aliphatic carbocycles. The van der Waals surface area contributed by atoms with Gasteiger partial charge in [-0.1, -0.05) is 6.07 Å². The van der Waals surface area contributed by atoms with Crippen molar-refractivity contribution in [3.05, 3.63) is 29.6 Å². The zero-order chi connectivity index (χ0) is 9.84. The highest BCUT2D eigenvalue weighted by Crippen LogP contribution is 2.18.